The summed E-state index contributed by atoms with van der Waals surface area (Å²) in [5.41, 5.74) is 5.68. The van der Waals surface area contributed by atoms with Crippen molar-refractivity contribution in [2.24, 2.45) is 16.8 Å². The van der Waals surface area contributed by atoms with Crippen LogP contribution in [-0.4, -0.2) is 27.6 Å². The highest BCUT2D eigenvalue weighted by atomic mass is 16.5. The predicted octanol–water partition coefficient (Wildman–Crippen LogP) is 0.750. The Labute approximate surface area is 93.2 Å². The van der Waals surface area contributed by atoms with Gasteiger partial charge in [0.15, 0.2) is 5.84 Å². The van der Waals surface area contributed by atoms with Crippen LogP contribution in [0.15, 0.2) is 17.5 Å². The number of ether oxygens (including phenoxy) is 1. The van der Waals surface area contributed by atoms with Crippen LogP contribution in [0.25, 0.3) is 0 Å². The lowest BCUT2D eigenvalue weighted by Gasteiger charge is -2.04. The zero-order valence-corrected chi connectivity index (χ0v) is 8.83. The number of hydrogen-bond donors (Lipinski definition) is 2. The van der Waals surface area contributed by atoms with Crippen LogP contribution in [0.3, 0.4) is 0 Å². The Bertz CT molecular complexity index is 373. The smallest absolute Gasteiger partial charge is 0.232 e. The van der Waals surface area contributed by atoms with Crippen LogP contribution in [-0.2, 0) is 0 Å². The molecular formula is C10H14N4O2. The highest BCUT2D eigenvalue weighted by molar-refractivity contribution is 5.94. The highest BCUT2D eigenvalue weighted by Crippen LogP contribution is 2.32. The Kier molecular flexibility index (Phi) is 3.19. The molecule has 1 aromatic rings. The van der Waals surface area contributed by atoms with Gasteiger partial charge in [0, 0.05) is 0 Å². The fourth-order valence-electron chi connectivity index (χ4n) is 1.31. The Morgan fingerprint density at radius 1 is 1.50 bits per heavy atom. The fourth-order valence-corrected chi connectivity index (χ4v) is 1.31. The number of oxime groups is 1. The first-order chi connectivity index (χ1) is 7.79. The molecule has 0 radical (unpaired) electrons. The summed E-state index contributed by atoms with van der Waals surface area (Å²) in [6.45, 7) is 0.669. The third-order valence-corrected chi connectivity index (χ3v) is 2.47. The predicted molar refractivity (Wildman–Crippen MR) is 57.4 cm³/mol. The highest BCUT2D eigenvalue weighted by Gasteiger charge is 2.20. The molecule has 6 heteroatoms. The Morgan fingerprint density at radius 2 is 2.31 bits per heavy atom. The molecule has 0 spiro atoms. The summed E-state index contributed by atoms with van der Waals surface area (Å²) in [6.07, 6.45) is 6.60. The maximum atomic E-state index is 8.43. The van der Waals surface area contributed by atoms with E-state index in [1.807, 2.05) is 0 Å². The Morgan fingerprint density at radius 3 is 2.88 bits per heavy atom. The molecule has 1 aromatic heterocycles. The van der Waals surface area contributed by atoms with E-state index in [4.69, 9.17) is 15.7 Å². The van der Waals surface area contributed by atoms with Crippen LogP contribution >= 0.6 is 0 Å². The van der Waals surface area contributed by atoms with Gasteiger partial charge in [-0.25, -0.2) is 9.97 Å². The normalized spacial score (nSPS) is 16.1. The van der Waals surface area contributed by atoms with Gasteiger partial charge in [-0.1, -0.05) is 18.0 Å². The minimum Gasteiger partial charge on any atom is -0.477 e. The van der Waals surface area contributed by atoms with Crippen LogP contribution in [0.4, 0.5) is 0 Å². The van der Waals surface area contributed by atoms with E-state index in [-0.39, 0.29) is 5.84 Å². The topological polar surface area (TPSA) is 93.6 Å². The van der Waals surface area contributed by atoms with Gasteiger partial charge in [0.05, 0.1) is 19.0 Å². The molecule has 1 aliphatic rings. The maximum Gasteiger partial charge on any atom is 0.232 e. The molecule has 0 unspecified atom stereocenters. The SMILES string of the molecule is NC(=NO)c1cnc(OCCC2CC2)cn1. The van der Waals surface area contributed by atoms with Crippen molar-refractivity contribution in [3.63, 3.8) is 0 Å². The number of aromatic nitrogens is 2. The van der Waals surface area contributed by atoms with E-state index < -0.39 is 0 Å². The molecule has 0 amide bonds. The van der Waals surface area contributed by atoms with Crippen molar-refractivity contribution in [3.8, 4) is 5.88 Å². The van der Waals surface area contributed by atoms with Gasteiger partial charge in [-0.05, 0) is 12.3 Å². The minimum absolute atomic E-state index is 0.0583. The van der Waals surface area contributed by atoms with Crippen molar-refractivity contribution in [2.75, 3.05) is 6.61 Å². The molecule has 1 saturated carbocycles. The van der Waals surface area contributed by atoms with E-state index in [0.717, 1.165) is 12.3 Å². The second-order valence-electron chi connectivity index (χ2n) is 3.81. The average Bonchev–Trinajstić information content (AvgIpc) is 3.13. The van der Waals surface area contributed by atoms with Crippen LogP contribution in [0.2, 0.25) is 0 Å². The lowest BCUT2D eigenvalue weighted by Crippen LogP contribution is -2.15. The van der Waals surface area contributed by atoms with Crippen molar-refractivity contribution < 1.29 is 9.94 Å². The van der Waals surface area contributed by atoms with Crippen molar-refractivity contribution >= 4 is 5.84 Å². The van der Waals surface area contributed by atoms with Crippen LogP contribution in [0, 0.1) is 5.92 Å². The molecule has 0 aromatic carbocycles. The molecule has 16 heavy (non-hydrogen) atoms. The monoisotopic (exact) mass is 222 g/mol. The number of hydrogen-bond acceptors (Lipinski definition) is 5. The Balaban J connectivity index is 1.85. The molecule has 0 saturated heterocycles. The summed E-state index contributed by atoms with van der Waals surface area (Å²) in [6, 6.07) is 0. The first kappa shape index (κ1) is 10.7. The standard InChI is InChI=1S/C10H14N4O2/c11-10(14-15)8-5-13-9(6-12-8)16-4-3-7-1-2-7/h5-7,15H,1-4H2,(H2,11,14). The second-order valence-corrected chi connectivity index (χ2v) is 3.81. The number of nitrogens with zero attached hydrogens (tertiary/aromatic N) is 3. The van der Waals surface area contributed by atoms with E-state index in [1.165, 1.54) is 25.2 Å². The fraction of sp³-hybridized carbons (Fsp3) is 0.500. The van der Waals surface area contributed by atoms with Gasteiger partial charge in [0.1, 0.15) is 5.69 Å². The van der Waals surface area contributed by atoms with Gasteiger partial charge in [-0.15, -0.1) is 0 Å². The van der Waals surface area contributed by atoms with Crippen molar-refractivity contribution in [3.05, 3.63) is 18.1 Å². The summed E-state index contributed by atoms with van der Waals surface area (Å²) in [5, 5.41) is 11.3. The third-order valence-electron chi connectivity index (χ3n) is 2.47. The molecular weight excluding hydrogens is 208 g/mol. The Hall–Kier alpha value is -1.85. The lowest BCUT2D eigenvalue weighted by atomic mass is 10.3. The summed E-state index contributed by atoms with van der Waals surface area (Å²) in [7, 11) is 0. The molecule has 0 bridgehead atoms. The summed E-state index contributed by atoms with van der Waals surface area (Å²) >= 11 is 0. The molecule has 6 nitrogen and oxygen atoms in total. The quantitative estimate of drug-likeness (QED) is 0.332. The van der Waals surface area contributed by atoms with Crippen molar-refractivity contribution in [2.45, 2.75) is 19.3 Å². The first-order valence-corrected chi connectivity index (χ1v) is 5.22. The molecule has 1 aliphatic carbocycles. The third kappa shape index (κ3) is 2.82. The van der Waals surface area contributed by atoms with E-state index in [2.05, 4.69) is 15.1 Å². The van der Waals surface area contributed by atoms with Crippen LogP contribution in [0.5, 0.6) is 5.88 Å². The van der Waals surface area contributed by atoms with E-state index >= 15 is 0 Å². The van der Waals surface area contributed by atoms with Gasteiger partial charge in [0.2, 0.25) is 5.88 Å². The molecule has 2 rings (SSSR count). The van der Waals surface area contributed by atoms with Crippen LogP contribution in [0.1, 0.15) is 25.0 Å². The van der Waals surface area contributed by atoms with Gasteiger partial charge >= 0.3 is 0 Å². The number of amidine groups is 1. The average molecular weight is 222 g/mol. The minimum atomic E-state index is -0.0583. The lowest BCUT2D eigenvalue weighted by molar-refractivity contribution is 0.290. The first-order valence-electron chi connectivity index (χ1n) is 5.22. The molecule has 0 aliphatic heterocycles. The van der Waals surface area contributed by atoms with Crippen LogP contribution < -0.4 is 10.5 Å². The zero-order chi connectivity index (χ0) is 11.4. The molecule has 1 heterocycles. The van der Waals surface area contributed by atoms with Gasteiger partial charge in [-0.2, -0.15) is 0 Å². The van der Waals surface area contributed by atoms with Crippen molar-refractivity contribution in [1.82, 2.24) is 9.97 Å². The summed E-state index contributed by atoms with van der Waals surface area (Å²) < 4.78 is 5.41. The maximum absolute atomic E-state index is 8.43. The van der Waals surface area contributed by atoms with Gasteiger partial charge in [-0.3, -0.25) is 0 Å². The van der Waals surface area contributed by atoms with Gasteiger partial charge in [0.25, 0.3) is 0 Å². The molecule has 3 N–H and O–H groups in total. The largest absolute Gasteiger partial charge is 0.477 e. The summed E-state index contributed by atoms with van der Waals surface area (Å²) in [4.78, 5) is 7.97. The number of rotatable bonds is 5. The second kappa shape index (κ2) is 4.78. The molecule has 86 valence electrons. The van der Waals surface area contributed by atoms with E-state index in [0.29, 0.717) is 18.2 Å². The van der Waals surface area contributed by atoms with Gasteiger partial charge < -0.3 is 15.7 Å². The van der Waals surface area contributed by atoms with E-state index in [9.17, 15) is 0 Å². The zero-order valence-electron chi connectivity index (χ0n) is 8.83. The summed E-state index contributed by atoms with van der Waals surface area (Å²) in [5.74, 6) is 1.25. The van der Waals surface area contributed by atoms with Crippen molar-refractivity contribution in [1.29, 1.82) is 0 Å². The number of nitrogens with two attached hydrogens (primary N) is 1. The molecule has 1 fully saturated rings. The van der Waals surface area contributed by atoms with E-state index in [1.54, 1.807) is 0 Å². The molecule has 0 atom stereocenters.